The molecule has 2 atom stereocenters. The summed E-state index contributed by atoms with van der Waals surface area (Å²) in [5, 5.41) is 11.1. The minimum Gasteiger partial charge on any atom is -0.508 e. The Kier molecular flexibility index (Phi) is 5.37. The van der Waals surface area contributed by atoms with Gasteiger partial charge in [-0.05, 0) is 30.7 Å². The second-order valence-corrected chi connectivity index (χ2v) is 8.21. The van der Waals surface area contributed by atoms with Gasteiger partial charge < -0.3 is 9.63 Å². The van der Waals surface area contributed by atoms with Crippen LogP contribution < -0.4 is 5.30 Å². The minimum atomic E-state index is -3.31. The molecule has 0 aliphatic carbocycles. The highest BCUT2D eigenvalue weighted by Gasteiger charge is 2.39. The van der Waals surface area contributed by atoms with Gasteiger partial charge >= 0.3 is 0 Å². The Hall–Kier alpha value is -2.35. The van der Waals surface area contributed by atoms with Gasteiger partial charge in [0, 0.05) is 10.9 Å². The third kappa shape index (κ3) is 3.53. The topological polar surface area (TPSA) is 46.5 Å². The molecule has 3 aromatic rings. The van der Waals surface area contributed by atoms with Gasteiger partial charge in [-0.1, -0.05) is 66.7 Å². The highest BCUT2D eigenvalue weighted by Crippen LogP contribution is 2.62. The van der Waals surface area contributed by atoms with Crippen LogP contribution in [0.25, 0.3) is 0 Å². The van der Waals surface area contributed by atoms with E-state index in [9.17, 15) is 9.67 Å². The zero-order valence-corrected chi connectivity index (χ0v) is 15.0. The highest BCUT2D eigenvalue weighted by atomic mass is 31.2. The zero-order valence-electron chi connectivity index (χ0n) is 14.1. The molecule has 3 rings (SSSR count). The fraction of sp³-hybridized carbons (Fsp3) is 0.143. The molecule has 0 saturated heterocycles. The molecule has 0 fully saturated rings. The number of hydrogen-bond acceptors (Lipinski definition) is 3. The molecule has 0 aliphatic rings. The molecule has 0 spiro atoms. The molecule has 0 saturated carbocycles. The third-order valence-electron chi connectivity index (χ3n) is 4.12. The number of hydrogen-bond donors (Lipinski definition) is 1. The van der Waals surface area contributed by atoms with Crippen molar-refractivity contribution < 1.29 is 14.2 Å². The molecule has 0 aliphatic heterocycles. The summed E-state index contributed by atoms with van der Waals surface area (Å²) in [7, 11) is -3.31. The summed E-state index contributed by atoms with van der Waals surface area (Å²) in [6, 6.07) is 25.8. The minimum absolute atomic E-state index is 0.118. The average Bonchev–Trinajstić information content (AvgIpc) is 2.65. The van der Waals surface area contributed by atoms with Crippen molar-refractivity contribution in [1.29, 1.82) is 0 Å². The fourth-order valence-electron chi connectivity index (χ4n) is 3.04. The van der Waals surface area contributed by atoms with Crippen molar-refractivity contribution in [3.63, 3.8) is 0 Å². The summed E-state index contributed by atoms with van der Waals surface area (Å²) in [5.74, 6) is 0.118. The first-order chi connectivity index (χ1) is 12.2. The Morgan fingerprint density at radius 2 is 1.44 bits per heavy atom. The monoisotopic (exact) mass is 352 g/mol. The maximum atomic E-state index is 14.1. The number of para-hydroxylation sites is 1. The number of phenols is 1. The van der Waals surface area contributed by atoms with Crippen LogP contribution >= 0.6 is 7.37 Å². The van der Waals surface area contributed by atoms with Gasteiger partial charge in [-0.25, -0.2) is 0 Å². The lowest BCUT2D eigenvalue weighted by Crippen LogP contribution is -2.15. The summed E-state index contributed by atoms with van der Waals surface area (Å²) in [5.41, 5.74) is 0.885. The van der Waals surface area contributed by atoms with Gasteiger partial charge in [-0.3, -0.25) is 4.57 Å². The van der Waals surface area contributed by atoms with E-state index in [1.54, 1.807) is 12.1 Å². The molecular weight excluding hydrogens is 331 g/mol. The Morgan fingerprint density at radius 1 is 0.880 bits per heavy atom. The summed E-state index contributed by atoms with van der Waals surface area (Å²) in [6.07, 6.45) is 0. The van der Waals surface area contributed by atoms with E-state index in [0.29, 0.717) is 17.5 Å². The molecule has 0 aromatic heterocycles. The average molecular weight is 352 g/mol. The van der Waals surface area contributed by atoms with Crippen molar-refractivity contribution in [2.75, 3.05) is 6.61 Å². The molecule has 1 N–H and O–H groups in total. The first-order valence-electron chi connectivity index (χ1n) is 8.29. The Labute approximate surface area is 148 Å². The number of benzene rings is 3. The first kappa shape index (κ1) is 17.5. The van der Waals surface area contributed by atoms with E-state index >= 15 is 0 Å². The van der Waals surface area contributed by atoms with Gasteiger partial charge in [0.1, 0.15) is 5.75 Å². The van der Waals surface area contributed by atoms with E-state index < -0.39 is 13.0 Å². The van der Waals surface area contributed by atoms with Gasteiger partial charge in [0.15, 0.2) is 0 Å². The van der Waals surface area contributed by atoms with Crippen LogP contribution in [-0.4, -0.2) is 11.7 Å². The van der Waals surface area contributed by atoms with Gasteiger partial charge in [-0.15, -0.1) is 0 Å². The van der Waals surface area contributed by atoms with E-state index in [2.05, 4.69) is 0 Å². The maximum Gasteiger partial charge on any atom is 0.243 e. The normalized spacial score (nSPS) is 14.6. The van der Waals surface area contributed by atoms with Crippen LogP contribution in [0.3, 0.4) is 0 Å². The van der Waals surface area contributed by atoms with Gasteiger partial charge in [0.05, 0.1) is 12.3 Å². The SMILES string of the molecule is CCOP(=O)(c1ccccc1)C(c1ccccc1)c1ccccc1O. The van der Waals surface area contributed by atoms with E-state index in [-0.39, 0.29) is 5.75 Å². The van der Waals surface area contributed by atoms with E-state index in [1.807, 2.05) is 79.7 Å². The van der Waals surface area contributed by atoms with Crippen molar-refractivity contribution in [2.24, 2.45) is 0 Å². The summed E-state index contributed by atoms with van der Waals surface area (Å²) in [6.45, 7) is 2.16. The molecule has 0 radical (unpaired) electrons. The fourth-order valence-corrected chi connectivity index (χ4v) is 5.76. The summed E-state index contributed by atoms with van der Waals surface area (Å²) in [4.78, 5) is 0. The van der Waals surface area contributed by atoms with Gasteiger partial charge in [0.2, 0.25) is 7.37 Å². The van der Waals surface area contributed by atoms with E-state index in [0.717, 1.165) is 5.56 Å². The first-order valence-corrected chi connectivity index (χ1v) is 9.99. The summed E-state index contributed by atoms with van der Waals surface area (Å²) >= 11 is 0. The molecule has 25 heavy (non-hydrogen) atoms. The Balaban J connectivity index is 2.26. The molecule has 0 amide bonds. The standard InChI is InChI=1S/C21H21O3P/c1-2-24-25(23,18-13-7-4-8-14-18)21(17-11-5-3-6-12-17)19-15-9-10-16-20(19)22/h3-16,21-22H,2H2,1H3. The van der Waals surface area contributed by atoms with E-state index in [4.69, 9.17) is 4.52 Å². The van der Waals surface area contributed by atoms with Crippen LogP contribution in [0.15, 0.2) is 84.9 Å². The predicted octanol–water partition coefficient (Wildman–Crippen LogP) is 5.12. The molecule has 2 unspecified atom stereocenters. The van der Waals surface area contributed by atoms with Crippen LogP contribution in [0.1, 0.15) is 23.7 Å². The van der Waals surface area contributed by atoms with Crippen molar-refractivity contribution in [1.82, 2.24) is 0 Å². The molecule has 128 valence electrons. The molecule has 0 bridgehead atoms. The number of phenolic OH excluding ortho intramolecular Hbond substituents is 1. The van der Waals surface area contributed by atoms with Crippen LogP contribution in [-0.2, 0) is 9.09 Å². The van der Waals surface area contributed by atoms with Crippen LogP contribution in [0.4, 0.5) is 0 Å². The van der Waals surface area contributed by atoms with E-state index in [1.165, 1.54) is 0 Å². The lowest BCUT2D eigenvalue weighted by atomic mass is 10.0. The zero-order chi connectivity index (χ0) is 17.7. The molecule has 0 heterocycles. The number of rotatable bonds is 6. The van der Waals surface area contributed by atoms with Gasteiger partial charge in [-0.2, -0.15) is 0 Å². The van der Waals surface area contributed by atoms with Crippen LogP contribution in [0, 0.1) is 0 Å². The lowest BCUT2D eigenvalue weighted by Gasteiger charge is -2.29. The largest absolute Gasteiger partial charge is 0.508 e. The van der Waals surface area contributed by atoms with Crippen molar-refractivity contribution in [2.45, 2.75) is 12.6 Å². The third-order valence-corrected chi connectivity index (χ3v) is 7.04. The second kappa shape index (κ2) is 7.69. The van der Waals surface area contributed by atoms with Gasteiger partial charge in [0.25, 0.3) is 0 Å². The Bertz CT molecular complexity index is 863. The van der Waals surface area contributed by atoms with Crippen molar-refractivity contribution in [3.8, 4) is 5.75 Å². The number of aromatic hydroxyl groups is 1. The molecule has 4 heteroatoms. The van der Waals surface area contributed by atoms with Crippen molar-refractivity contribution >= 4 is 12.7 Å². The summed E-state index contributed by atoms with van der Waals surface area (Å²) < 4.78 is 20.0. The maximum absolute atomic E-state index is 14.1. The predicted molar refractivity (Wildman–Crippen MR) is 102 cm³/mol. The Morgan fingerprint density at radius 3 is 2.04 bits per heavy atom. The molecule has 3 aromatic carbocycles. The lowest BCUT2D eigenvalue weighted by molar-refractivity contribution is 0.335. The quantitative estimate of drug-likeness (QED) is 0.626. The van der Waals surface area contributed by atoms with Crippen LogP contribution in [0.5, 0.6) is 5.75 Å². The second-order valence-electron chi connectivity index (χ2n) is 5.72. The highest BCUT2D eigenvalue weighted by molar-refractivity contribution is 7.67. The molecular formula is C21H21O3P. The smallest absolute Gasteiger partial charge is 0.243 e. The van der Waals surface area contributed by atoms with Crippen LogP contribution in [0.2, 0.25) is 0 Å². The van der Waals surface area contributed by atoms with Crippen molar-refractivity contribution in [3.05, 3.63) is 96.1 Å². The molecule has 3 nitrogen and oxygen atoms in total.